The molecule has 2 aromatic rings. The number of ether oxygens (including phenoxy) is 3. The Kier molecular flexibility index (Phi) is 8.26. The van der Waals surface area contributed by atoms with Crippen LogP contribution < -0.4 is 9.47 Å². The number of carbonyl (C=O) groups excluding carboxylic acids is 2. The first-order valence-corrected chi connectivity index (χ1v) is 14.8. The van der Waals surface area contributed by atoms with Gasteiger partial charge in [-0.15, -0.1) is 0 Å². The zero-order chi connectivity index (χ0) is 31.3. The lowest BCUT2D eigenvalue weighted by Gasteiger charge is -2.34. The first kappa shape index (κ1) is 30.9. The van der Waals surface area contributed by atoms with Gasteiger partial charge in [-0.25, -0.2) is 14.8 Å². The van der Waals surface area contributed by atoms with Crippen LogP contribution >= 0.6 is 0 Å². The molecule has 1 saturated heterocycles. The molecular formula is C31H39F2N3O7. The second-order valence-corrected chi connectivity index (χ2v) is 13.1. The number of halogens is 2. The maximum absolute atomic E-state index is 15.8. The van der Waals surface area contributed by atoms with Crippen LogP contribution in [0.3, 0.4) is 0 Å². The number of hydrogen-bond acceptors (Lipinski definition) is 8. The molecular weight excluding hydrogens is 564 g/mol. The van der Waals surface area contributed by atoms with Gasteiger partial charge in [0.05, 0.1) is 37.0 Å². The van der Waals surface area contributed by atoms with E-state index in [4.69, 9.17) is 14.2 Å². The van der Waals surface area contributed by atoms with Crippen LogP contribution in [-0.4, -0.2) is 69.7 Å². The van der Waals surface area contributed by atoms with Gasteiger partial charge in [-0.2, -0.15) is 8.78 Å². The summed E-state index contributed by atoms with van der Waals surface area (Å²) in [6.45, 7) is 6.84. The molecule has 5 rings (SSSR count). The van der Waals surface area contributed by atoms with E-state index in [0.717, 1.165) is 0 Å². The standard InChI is InChI=1S/C31H39F2N3O7/c1-16-23-15-36(25(16)29(39)40)28(38)19(30(2,3)4)14-24(37)42-22-12-17(22)8-6-7-11-31(32,33)26-27(43-23)35-21-13-18(41-5)9-10-20(21)34-26/h9-10,13,16-17,19,22-23,25H,6-8,11-12,14-15H2,1-5H3,(H,39,40)/t16-,17-,19-,22-,23+,25+/m1/s1. The zero-order valence-electron chi connectivity index (χ0n) is 25.1. The zero-order valence-corrected chi connectivity index (χ0v) is 25.1. The quantitative estimate of drug-likeness (QED) is 0.474. The Bertz CT molecular complexity index is 1410. The number of aromatic nitrogens is 2. The molecule has 1 amide bonds. The molecule has 2 bridgehead atoms. The summed E-state index contributed by atoms with van der Waals surface area (Å²) in [5.74, 6) is -7.20. The summed E-state index contributed by atoms with van der Waals surface area (Å²) in [5, 5.41) is 10.2. The molecule has 43 heavy (non-hydrogen) atoms. The average molecular weight is 604 g/mol. The van der Waals surface area contributed by atoms with Gasteiger partial charge in [-0.05, 0) is 42.7 Å². The van der Waals surface area contributed by atoms with E-state index in [-0.39, 0.29) is 42.4 Å². The molecule has 1 N–H and O–H groups in total. The van der Waals surface area contributed by atoms with Crippen LogP contribution in [0.2, 0.25) is 0 Å². The van der Waals surface area contributed by atoms with Crippen molar-refractivity contribution in [3.8, 4) is 11.6 Å². The van der Waals surface area contributed by atoms with Crippen molar-refractivity contribution in [1.82, 2.24) is 14.9 Å². The predicted octanol–water partition coefficient (Wildman–Crippen LogP) is 4.97. The van der Waals surface area contributed by atoms with E-state index in [1.165, 1.54) is 12.0 Å². The number of alkyl halides is 2. The third kappa shape index (κ3) is 6.38. The average Bonchev–Trinajstić information content (AvgIpc) is 3.58. The van der Waals surface area contributed by atoms with E-state index in [0.29, 0.717) is 25.0 Å². The van der Waals surface area contributed by atoms with Gasteiger partial charge in [0.15, 0.2) is 5.69 Å². The fourth-order valence-electron chi connectivity index (χ4n) is 6.19. The molecule has 12 heteroatoms. The molecule has 0 unspecified atom stereocenters. The van der Waals surface area contributed by atoms with Gasteiger partial charge in [-0.3, -0.25) is 9.59 Å². The minimum absolute atomic E-state index is 0.0890. The van der Waals surface area contributed by atoms with Crippen molar-refractivity contribution >= 4 is 28.9 Å². The fourth-order valence-corrected chi connectivity index (χ4v) is 6.19. The fraction of sp³-hybridized carbons (Fsp3) is 0.645. The van der Waals surface area contributed by atoms with Crippen LogP contribution in [0.5, 0.6) is 11.6 Å². The van der Waals surface area contributed by atoms with Crippen molar-refractivity contribution in [2.24, 2.45) is 23.2 Å². The Morgan fingerprint density at radius 3 is 2.53 bits per heavy atom. The van der Waals surface area contributed by atoms with E-state index in [2.05, 4.69) is 9.97 Å². The molecule has 234 valence electrons. The van der Waals surface area contributed by atoms with Gasteiger partial charge in [0, 0.05) is 18.4 Å². The number of methoxy groups -OCH3 is 1. The number of carbonyl (C=O) groups is 3. The van der Waals surface area contributed by atoms with Crippen molar-refractivity contribution in [3.05, 3.63) is 23.9 Å². The predicted molar refractivity (Wildman–Crippen MR) is 151 cm³/mol. The van der Waals surface area contributed by atoms with Gasteiger partial charge in [-0.1, -0.05) is 34.1 Å². The minimum atomic E-state index is -3.39. The van der Waals surface area contributed by atoms with Crippen molar-refractivity contribution < 1.29 is 42.5 Å². The molecule has 3 aliphatic rings. The Morgan fingerprint density at radius 2 is 1.86 bits per heavy atom. The third-order valence-electron chi connectivity index (χ3n) is 8.95. The number of amides is 1. The number of aliphatic carboxylic acids is 1. The molecule has 6 atom stereocenters. The number of nitrogens with zero attached hydrogens (tertiary/aromatic N) is 3. The van der Waals surface area contributed by atoms with Crippen LogP contribution in [0, 0.1) is 23.2 Å². The summed E-state index contributed by atoms with van der Waals surface area (Å²) >= 11 is 0. The second-order valence-electron chi connectivity index (χ2n) is 13.1. The second kappa shape index (κ2) is 11.5. The van der Waals surface area contributed by atoms with Gasteiger partial charge in [0.1, 0.15) is 24.0 Å². The van der Waals surface area contributed by atoms with Crippen molar-refractivity contribution in [1.29, 1.82) is 0 Å². The SMILES string of the molecule is COc1ccc2nc3c(nc2c1)O[C@H]1CN(C(=O)[C@H](C(C)(C)C)CC(=O)O[C@@H]2C[C@H]2CCCCC3(F)F)[C@H](C(=O)O)[C@@H]1C. The summed E-state index contributed by atoms with van der Waals surface area (Å²) in [4.78, 5) is 49.3. The largest absolute Gasteiger partial charge is 0.497 e. The number of carboxylic acid groups (broad SMARTS) is 1. The van der Waals surface area contributed by atoms with Gasteiger partial charge in [0.25, 0.3) is 5.92 Å². The van der Waals surface area contributed by atoms with Crippen LogP contribution in [0.15, 0.2) is 18.2 Å². The number of benzene rings is 1. The lowest BCUT2D eigenvalue weighted by Crippen LogP contribution is -2.48. The Hall–Kier alpha value is -3.57. The number of esters is 1. The molecule has 1 aromatic heterocycles. The van der Waals surface area contributed by atoms with Crippen LogP contribution in [-0.2, 0) is 25.0 Å². The van der Waals surface area contributed by atoms with E-state index < -0.39 is 71.2 Å². The Morgan fingerprint density at radius 1 is 1.12 bits per heavy atom. The van der Waals surface area contributed by atoms with Crippen molar-refractivity contribution in [3.63, 3.8) is 0 Å². The first-order valence-electron chi connectivity index (χ1n) is 14.8. The monoisotopic (exact) mass is 603 g/mol. The molecule has 2 fully saturated rings. The van der Waals surface area contributed by atoms with Gasteiger partial charge >= 0.3 is 11.9 Å². The lowest BCUT2D eigenvalue weighted by molar-refractivity contribution is -0.157. The summed E-state index contributed by atoms with van der Waals surface area (Å²) in [7, 11) is 1.47. The third-order valence-corrected chi connectivity index (χ3v) is 8.95. The maximum atomic E-state index is 15.8. The molecule has 10 nitrogen and oxygen atoms in total. The molecule has 1 saturated carbocycles. The number of fused-ring (bicyclic) bond motifs is 5. The lowest BCUT2D eigenvalue weighted by atomic mass is 9.77. The van der Waals surface area contributed by atoms with E-state index in [9.17, 15) is 19.5 Å². The molecule has 1 aromatic carbocycles. The highest BCUT2D eigenvalue weighted by molar-refractivity contribution is 5.89. The molecule has 0 spiro atoms. The smallest absolute Gasteiger partial charge is 0.326 e. The van der Waals surface area contributed by atoms with Crippen LogP contribution in [0.1, 0.15) is 71.9 Å². The Balaban J connectivity index is 1.57. The van der Waals surface area contributed by atoms with Crippen LogP contribution in [0.4, 0.5) is 8.78 Å². The van der Waals surface area contributed by atoms with E-state index in [1.54, 1.807) is 25.1 Å². The Labute approximate surface area is 249 Å². The van der Waals surface area contributed by atoms with Crippen molar-refractivity contribution in [2.75, 3.05) is 13.7 Å². The summed E-state index contributed by atoms with van der Waals surface area (Å²) in [5.41, 5.74) is -0.805. The van der Waals surface area contributed by atoms with Gasteiger partial charge < -0.3 is 24.2 Å². The number of rotatable bonds is 2. The normalized spacial score (nSPS) is 29.9. The highest BCUT2D eigenvalue weighted by atomic mass is 19.3. The highest BCUT2D eigenvalue weighted by Crippen LogP contribution is 2.43. The number of carboxylic acids is 1. The highest BCUT2D eigenvalue weighted by Gasteiger charge is 2.51. The molecule has 2 aliphatic heterocycles. The summed E-state index contributed by atoms with van der Waals surface area (Å²) in [6.07, 6.45) is 0.0533. The molecule has 1 aliphatic carbocycles. The summed E-state index contributed by atoms with van der Waals surface area (Å²) in [6, 6.07) is 3.41. The summed E-state index contributed by atoms with van der Waals surface area (Å²) < 4.78 is 48.6. The molecule has 3 heterocycles. The topological polar surface area (TPSA) is 128 Å². The van der Waals surface area contributed by atoms with E-state index >= 15 is 8.78 Å². The van der Waals surface area contributed by atoms with E-state index in [1.807, 2.05) is 20.8 Å². The maximum Gasteiger partial charge on any atom is 0.326 e. The first-order chi connectivity index (χ1) is 20.2. The van der Waals surface area contributed by atoms with Crippen LogP contribution in [0.25, 0.3) is 11.0 Å². The number of hydrogen-bond donors (Lipinski definition) is 1. The molecule has 0 radical (unpaired) electrons. The van der Waals surface area contributed by atoms with Crippen molar-refractivity contribution in [2.45, 2.75) is 90.4 Å². The van der Waals surface area contributed by atoms with Gasteiger partial charge in [0.2, 0.25) is 11.8 Å². The minimum Gasteiger partial charge on any atom is -0.497 e.